The van der Waals surface area contributed by atoms with Crippen LogP contribution in [0.15, 0.2) is 24.3 Å². The van der Waals surface area contributed by atoms with Crippen molar-refractivity contribution < 1.29 is 4.79 Å². The fourth-order valence-electron chi connectivity index (χ4n) is 1.04. The molecule has 0 atom stereocenters. The first-order valence-corrected chi connectivity index (χ1v) is 5.36. The Labute approximate surface area is 97.6 Å². The number of hydrogen-bond acceptors (Lipinski definition) is 2. The maximum Gasteiger partial charge on any atom is 0.238 e. The van der Waals surface area contributed by atoms with Crippen molar-refractivity contribution in [2.75, 3.05) is 26.0 Å². The lowest BCUT2D eigenvalue weighted by Gasteiger charge is -2.10. The van der Waals surface area contributed by atoms with Gasteiger partial charge in [-0.1, -0.05) is 12.1 Å². The summed E-state index contributed by atoms with van der Waals surface area (Å²) < 4.78 is 1.05. The van der Waals surface area contributed by atoms with Crippen molar-refractivity contribution in [3.05, 3.63) is 27.8 Å². The molecular formula is C10H13IN2O. The molecule has 0 aliphatic carbocycles. The Kier molecular flexibility index (Phi) is 4.34. The van der Waals surface area contributed by atoms with E-state index < -0.39 is 0 Å². The minimum absolute atomic E-state index is 0.0131. The highest BCUT2D eigenvalue weighted by molar-refractivity contribution is 14.1. The maximum absolute atomic E-state index is 11.4. The molecule has 4 heteroatoms. The summed E-state index contributed by atoms with van der Waals surface area (Å²) in [5, 5.41) is 2.85. The highest BCUT2D eigenvalue weighted by Crippen LogP contribution is 2.16. The van der Waals surface area contributed by atoms with E-state index in [9.17, 15) is 4.79 Å². The Morgan fingerprint density at radius 1 is 1.43 bits per heavy atom. The van der Waals surface area contributed by atoms with Crippen LogP contribution < -0.4 is 5.32 Å². The number of anilines is 1. The molecule has 0 saturated carbocycles. The van der Waals surface area contributed by atoms with Gasteiger partial charge in [-0.3, -0.25) is 4.79 Å². The lowest BCUT2D eigenvalue weighted by Crippen LogP contribution is -2.27. The van der Waals surface area contributed by atoms with Crippen LogP contribution in [0.2, 0.25) is 0 Å². The standard InChI is InChI=1S/C10H13IN2O/c1-13(2)7-10(14)12-9-6-4-3-5-8(9)11/h3-6H,7H2,1-2H3,(H,12,14). The van der Waals surface area contributed by atoms with Gasteiger partial charge < -0.3 is 10.2 Å². The number of carbonyl (C=O) groups excluding carboxylic acids is 1. The molecule has 1 N–H and O–H groups in total. The van der Waals surface area contributed by atoms with Gasteiger partial charge in [-0.05, 0) is 48.8 Å². The Balaban J connectivity index is 2.61. The van der Waals surface area contributed by atoms with Gasteiger partial charge in [-0.15, -0.1) is 0 Å². The quantitative estimate of drug-likeness (QED) is 0.864. The van der Waals surface area contributed by atoms with Crippen molar-refractivity contribution in [1.29, 1.82) is 0 Å². The average molecular weight is 304 g/mol. The summed E-state index contributed by atoms with van der Waals surface area (Å²) in [6.07, 6.45) is 0. The molecule has 76 valence electrons. The second-order valence-corrected chi connectivity index (χ2v) is 4.43. The van der Waals surface area contributed by atoms with E-state index in [2.05, 4.69) is 27.9 Å². The van der Waals surface area contributed by atoms with E-state index in [-0.39, 0.29) is 5.91 Å². The van der Waals surface area contributed by atoms with Gasteiger partial charge in [-0.2, -0.15) is 0 Å². The van der Waals surface area contributed by atoms with Crippen molar-refractivity contribution in [3.8, 4) is 0 Å². The van der Waals surface area contributed by atoms with Gasteiger partial charge in [0.15, 0.2) is 0 Å². The number of para-hydroxylation sites is 1. The normalized spacial score (nSPS) is 10.3. The second-order valence-electron chi connectivity index (χ2n) is 3.27. The Morgan fingerprint density at radius 2 is 2.07 bits per heavy atom. The average Bonchev–Trinajstić information content (AvgIpc) is 2.07. The minimum atomic E-state index is 0.0131. The smallest absolute Gasteiger partial charge is 0.238 e. The second kappa shape index (κ2) is 5.31. The van der Waals surface area contributed by atoms with E-state index in [4.69, 9.17) is 0 Å². The van der Waals surface area contributed by atoms with Gasteiger partial charge in [0.1, 0.15) is 0 Å². The number of likely N-dealkylation sites (N-methyl/N-ethyl adjacent to an activating group) is 1. The van der Waals surface area contributed by atoms with Crippen molar-refractivity contribution in [3.63, 3.8) is 0 Å². The number of hydrogen-bond donors (Lipinski definition) is 1. The SMILES string of the molecule is CN(C)CC(=O)Nc1ccccc1I. The Morgan fingerprint density at radius 3 is 2.64 bits per heavy atom. The number of nitrogens with zero attached hydrogens (tertiary/aromatic N) is 1. The molecule has 0 fully saturated rings. The van der Waals surface area contributed by atoms with Gasteiger partial charge in [0.2, 0.25) is 5.91 Å². The number of amides is 1. The molecule has 0 aliphatic heterocycles. The topological polar surface area (TPSA) is 32.3 Å². The molecule has 1 rings (SSSR count). The molecule has 3 nitrogen and oxygen atoms in total. The van der Waals surface area contributed by atoms with Crippen LogP contribution in [0.3, 0.4) is 0 Å². The molecule has 0 unspecified atom stereocenters. The fourth-order valence-corrected chi connectivity index (χ4v) is 1.56. The molecule has 0 spiro atoms. The van der Waals surface area contributed by atoms with E-state index in [1.165, 1.54) is 0 Å². The Bertz CT molecular complexity index is 326. The Hall–Kier alpha value is -0.620. The van der Waals surface area contributed by atoms with Crippen LogP contribution in [-0.4, -0.2) is 31.4 Å². The summed E-state index contributed by atoms with van der Waals surface area (Å²) in [6.45, 7) is 0.408. The number of rotatable bonds is 3. The third-order valence-electron chi connectivity index (χ3n) is 1.61. The molecule has 1 aromatic carbocycles. The first kappa shape index (κ1) is 11.5. The maximum atomic E-state index is 11.4. The van der Waals surface area contributed by atoms with Gasteiger partial charge in [0.05, 0.1) is 12.2 Å². The number of halogens is 1. The molecule has 0 aromatic heterocycles. The molecule has 14 heavy (non-hydrogen) atoms. The number of nitrogens with one attached hydrogen (secondary N) is 1. The summed E-state index contributed by atoms with van der Waals surface area (Å²) in [7, 11) is 3.74. The largest absolute Gasteiger partial charge is 0.324 e. The van der Waals surface area contributed by atoms with E-state index in [1.807, 2.05) is 43.3 Å². The fraction of sp³-hybridized carbons (Fsp3) is 0.300. The molecule has 0 saturated heterocycles. The predicted octanol–water partition coefficient (Wildman–Crippen LogP) is 1.79. The zero-order valence-corrected chi connectivity index (χ0v) is 10.4. The lowest BCUT2D eigenvalue weighted by atomic mass is 10.3. The molecule has 1 aromatic rings. The van der Waals surface area contributed by atoms with Crippen LogP contribution in [0.1, 0.15) is 0 Å². The summed E-state index contributed by atoms with van der Waals surface area (Å²) >= 11 is 2.20. The van der Waals surface area contributed by atoms with Crippen LogP contribution in [-0.2, 0) is 4.79 Å². The summed E-state index contributed by atoms with van der Waals surface area (Å²) in [5.74, 6) is 0.0131. The van der Waals surface area contributed by atoms with Crippen LogP contribution in [0.5, 0.6) is 0 Å². The van der Waals surface area contributed by atoms with E-state index in [1.54, 1.807) is 0 Å². The van der Waals surface area contributed by atoms with Crippen molar-refractivity contribution in [2.24, 2.45) is 0 Å². The van der Waals surface area contributed by atoms with Crippen LogP contribution in [0, 0.1) is 3.57 Å². The first-order valence-electron chi connectivity index (χ1n) is 4.28. The molecule has 1 amide bonds. The van der Waals surface area contributed by atoms with Crippen molar-refractivity contribution in [1.82, 2.24) is 4.90 Å². The zero-order valence-electron chi connectivity index (χ0n) is 8.25. The van der Waals surface area contributed by atoms with Crippen molar-refractivity contribution >= 4 is 34.2 Å². The molecular weight excluding hydrogens is 291 g/mol. The third kappa shape index (κ3) is 3.63. The highest BCUT2D eigenvalue weighted by Gasteiger charge is 2.05. The van der Waals surface area contributed by atoms with E-state index in [0.717, 1.165) is 9.26 Å². The van der Waals surface area contributed by atoms with Gasteiger partial charge in [-0.25, -0.2) is 0 Å². The number of benzene rings is 1. The van der Waals surface area contributed by atoms with Gasteiger partial charge in [0.25, 0.3) is 0 Å². The van der Waals surface area contributed by atoms with Gasteiger partial charge in [0, 0.05) is 3.57 Å². The number of carbonyl (C=O) groups is 1. The summed E-state index contributed by atoms with van der Waals surface area (Å²) in [4.78, 5) is 13.3. The lowest BCUT2D eigenvalue weighted by molar-refractivity contribution is -0.116. The molecule has 0 bridgehead atoms. The van der Waals surface area contributed by atoms with Gasteiger partial charge >= 0.3 is 0 Å². The minimum Gasteiger partial charge on any atom is -0.324 e. The summed E-state index contributed by atoms with van der Waals surface area (Å²) in [6, 6.07) is 7.72. The summed E-state index contributed by atoms with van der Waals surface area (Å²) in [5.41, 5.74) is 0.875. The van der Waals surface area contributed by atoms with E-state index >= 15 is 0 Å². The van der Waals surface area contributed by atoms with Crippen molar-refractivity contribution in [2.45, 2.75) is 0 Å². The van der Waals surface area contributed by atoms with Crippen LogP contribution in [0.25, 0.3) is 0 Å². The predicted molar refractivity (Wildman–Crippen MR) is 66.3 cm³/mol. The highest BCUT2D eigenvalue weighted by atomic mass is 127. The zero-order chi connectivity index (χ0) is 10.6. The molecule has 0 radical (unpaired) electrons. The van der Waals surface area contributed by atoms with Crippen LogP contribution in [0.4, 0.5) is 5.69 Å². The molecule has 0 heterocycles. The van der Waals surface area contributed by atoms with Crippen LogP contribution >= 0.6 is 22.6 Å². The first-order chi connectivity index (χ1) is 6.59. The van der Waals surface area contributed by atoms with E-state index in [0.29, 0.717) is 6.54 Å². The molecule has 0 aliphatic rings. The monoisotopic (exact) mass is 304 g/mol. The third-order valence-corrected chi connectivity index (χ3v) is 2.55.